The van der Waals surface area contributed by atoms with Crippen molar-refractivity contribution in [1.82, 2.24) is 10.2 Å². The number of halogens is 3. The van der Waals surface area contributed by atoms with Gasteiger partial charge in [0.05, 0.1) is 19.2 Å². The van der Waals surface area contributed by atoms with Crippen LogP contribution in [0.3, 0.4) is 0 Å². The van der Waals surface area contributed by atoms with Gasteiger partial charge in [-0.25, -0.2) is 9.59 Å². The summed E-state index contributed by atoms with van der Waals surface area (Å²) < 4.78 is 58.1. The van der Waals surface area contributed by atoms with E-state index in [4.69, 9.17) is 14.2 Å². The number of methoxy groups -OCH3 is 1. The molecule has 0 bridgehead atoms. The SMILES string of the molecule is CNCc1ccccc1[C@H]1CC[C@H](Cc2cc(O[C@H]3C[C@@H](C(=O)OC)N(C(=O)OC(C)(C)C)C3)cc(C(F)(F)F)c2)CC1. The number of benzene rings is 2. The van der Waals surface area contributed by atoms with E-state index in [2.05, 4.69) is 23.5 Å². The highest BCUT2D eigenvalue weighted by atomic mass is 19.4. The number of alkyl halides is 3. The fraction of sp³-hybridized carbons (Fsp3) is 0.576. The van der Waals surface area contributed by atoms with Gasteiger partial charge in [0.1, 0.15) is 23.5 Å². The molecule has 2 aromatic rings. The van der Waals surface area contributed by atoms with Crippen LogP contribution in [0.15, 0.2) is 42.5 Å². The van der Waals surface area contributed by atoms with Crippen molar-refractivity contribution >= 4 is 12.1 Å². The second kappa shape index (κ2) is 13.6. The molecule has 2 fully saturated rings. The van der Waals surface area contributed by atoms with Gasteiger partial charge in [0.2, 0.25) is 0 Å². The van der Waals surface area contributed by atoms with Gasteiger partial charge in [-0.2, -0.15) is 13.2 Å². The van der Waals surface area contributed by atoms with E-state index in [9.17, 15) is 22.8 Å². The standard InChI is InChI=1S/C33H43F3N2O5/c1-32(2,3)43-31(40)38-20-27(18-29(38)30(39)41-5)42-26-16-22(15-25(17-26)33(34,35)36)14-21-10-12-23(13-11-21)28-9-7-6-8-24(28)19-37-4/h6-9,15-17,21,23,27,29,37H,10-14,18-20H2,1-5H3/t21-,23-,27-,29-/m0/s1. The number of hydrogen-bond donors (Lipinski definition) is 1. The number of rotatable bonds is 8. The summed E-state index contributed by atoms with van der Waals surface area (Å²) in [5.41, 5.74) is 1.64. The lowest BCUT2D eigenvalue weighted by molar-refractivity contribution is -0.145. The summed E-state index contributed by atoms with van der Waals surface area (Å²) in [6.07, 6.45) is -1.52. The maximum absolute atomic E-state index is 13.9. The van der Waals surface area contributed by atoms with E-state index >= 15 is 0 Å². The van der Waals surface area contributed by atoms with Crippen LogP contribution >= 0.6 is 0 Å². The van der Waals surface area contributed by atoms with Gasteiger partial charge in [0, 0.05) is 13.0 Å². The molecule has 1 N–H and O–H groups in total. The Morgan fingerprint density at radius 2 is 1.72 bits per heavy atom. The lowest BCUT2D eigenvalue weighted by atomic mass is 9.75. The summed E-state index contributed by atoms with van der Waals surface area (Å²) >= 11 is 0. The Morgan fingerprint density at radius 3 is 2.35 bits per heavy atom. The molecule has 0 spiro atoms. The normalized spacial score (nSPS) is 22.7. The lowest BCUT2D eigenvalue weighted by Crippen LogP contribution is -2.44. The second-order valence-corrected chi connectivity index (χ2v) is 12.7. The molecule has 10 heteroatoms. The Labute approximate surface area is 252 Å². The number of ether oxygens (including phenoxy) is 3. The Kier molecular flexibility index (Phi) is 10.3. The maximum Gasteiger partial charge on any atom is 0.416 e. The third-order valence-corrected chi connectivity index (χ3v) is 8.19. The van der Waals surface area contributed by atoms with E-state index in [0.717, 1.165) is 38.3 Å². The predicted molar refractivity (Wildman–Crippen MR) is 157 cm³/mol. The van der Waals surface area contributed by atoms with Gasteiger partial charge in [0.15, 0.2) is 0 Å². The highest BCUT2D eigenvalue weighted by Crippen LogP contribution is 2.40. The van der Waals surface area contributed by atoms with Gasteiger partial charge >= 0.3 is 18.2 Å². The van der Waals surface area contributed by atoms with E-state index in [1.54, 1.807) is 26.8 Å². The minimum Gasteiger partial charge on any atom is -0.488 e. The number of likely N-dealkylation sites (tertiary alicyclic amines) is 1. The molecule has 0 aromatic heterocycles. The first-order valence-corrected chi connectivity index (χ1v) is 14.9. The van der Waals surface area contributed by atoms with Crippen LogP contribution in [-0.2, 0) is 33.4 Å². The number of nitrogens with zero attached hydrogens (tertiary/aromatic N) is 1. The zero-order chi connectivity index (χ0) is 31.4. The third kappa shape index (κ3) is 8.65. The molecule has 2 atom stereocenters. The summed E-state index contributed by atoms with van der Waals surface area (Å²) in [4.78, 5) is 26.5. The summed E-state index contributed by atoms with van der Waals surface area (Å²) in [6, 6.07) is 11.3. The molecule has 1 aliphatic carbocycles. The molecular formula is C33H43F3N2O5. The molecule has 2 aromatic carbocycles. The van der Waals surface area contributed by atoms with Gasteiger partial charge < -0.3 is 19.5 Å². The number of hydrogen-bond acceptors (Lipinski definition) is 6. The molecule has 1 aliphatic heterocycles. The molecule has 1 amide bonds. The van der Waals surface area contributed by atoms with Crippen molar-refractivity contribution in [3.05, 3.63) is 64.7 Å². The van der Waals surface area contributed by atoms with Crippen molar-refractivity contribution in [1.29, 1.82) is 0 Å². The molecule has 43 heavy (non-hydrogen) atoms. The average molecular weight is 605 g/mol. The fourth-order valence-electron chi connectivity index (χ4n) is 6.26. The summed E-state index contributed by atoms with van der Waals surface area (Å²) in [6.45, 7) is 5.92. The largest absolute Gasteiger partial charge is 0.488 e. The van der Waals surface area contributed by atoms with Crippen molar-refractivity contribution in [3.8, 4) is 5.75 Å². The summed E-state index contributed by atoms with van der Waals surface area (Å²) in [7, 11) is 3.15. The molecule has 1 saturated carbocycles. The Bertz CT molecular complexity index is 1270. The number of carbonyl (C=O) groups excluding carboxylic acids is 2. The topological polar surface area (TPSA) is 77.1 Å². The molecule has 4 rings (SSSR count). The van der Waals surface area contributed by atoms with Gasteiger partial charge in [-0.15, -0.1) is 0 Å². The van der Waals surface area contributed by atoms with Crippen LogP contribution in [-0.4, -0.2) is 55.4 Å². The van der Waals surface area contributed by atoms with E-state index in [1.165, 1.54) is 29.2 Å². The monoisotopic (exact) mass is 604 g/mol. The van der Waals surface area contributed by atoms with E-state index in [-0.39, 0.29) is 24.6 Å². The lowest BCUT2D eigenvalue weighted by Gasteiger charge is -2.30. The van der Waals surface area contributed by atoms with Gasteiger partial charge in [-0.3, -0.25) is 4.90 Å². The van der Waals surface area contributed by atoms with Crippen molar-refractivity contribution in [2.24, 2.45) is 5.92 Å². The van der Waals surface area contributed by atoms with Crippen LogP contribution in [0.2, 0.25) is 0 Å². The van der Waals surface area contributed by atoms with E-state index < -0.39 is 41.5 Å². The molecule has 0 unspecified atom stereocenters. The van der Waals surface area contributed by atoms with Crippen molar-refractivity contribution in [2.75, 3.05) is 20.7 Å². The first-order valence-electron chi connectivity index (χ1n) is 14.9. The van der Waals surface area contributed by atoms with Crippen LogP contribution in [0, 0.1) is 5.92 Å². The molecular weight excluding hydrogens is 561 g/mol. The second-order valence-electron chi connectivity index (χ2n) is 12.7. The highest BCUT2D eigenvalue weighted by molar-refractivity contribution is 5.82. The van der Waals surface area contributed by atoms with Gasteiger partial charge in [0.25, 0.3) is 0 Å². The molecule has 1 heterocycles. The smallest absolute Gasteiger partial charge is 0.416 e. The summed E-state index contributed by atoms with van der Waals surface area (Å²) in [5, 5.41) is 3.23. The first kappa shape index (κ1) is 32.6. The van der Waals surface area contributed by atoms with Crippen molar-refractivity contribution in [3.63, 3.8) is 0 Å². The van der Waals surface area contributed by atoms with Crippen LogP contribution < -0.4 is 10.1 Å². The molecule has 0 radical (unpaired) electrons. The number of carbonyl (C=O) groups is 2. The van der Waals surface area contributed by atoms with Crippen molar-refractivity contribution in [2.45, 2.75) is 95.7 Å². The van der Waals surface area contributed by atoms with E-state index in [1.807, 2.05) is 13.1 Å². The Hall–Kier alpha value is -3.27. The third-order valence-electron chi connectivity index (χ3n) is 8.19. The highest BCUT2D eigenvalue weighted by Gasteiger charge is 2.43. The van der Waals surface area contributed by atoms with Crippen molar-refractivity contribution < 1.29 is 37.0 Å². The Morgan fingerprint density at radius 1 is 1.02 bits per heavy atom. The predicted octanol–water partition coefficient (Wildman–Crippen LogP) is 6.87. The molecule has 7 nitrogen and oxygen atoms in total. The number of esters is 1. The first-order chi connectivity index (χ1) is 20.3. The van der Waals surface area contributed by atoms with Crippen LogP contribution in [0.5, 0.6) is 5.75 Å². The van der Waals surface area contributed by atoms with E-state index in [0.29, 0.717) is 17.9 Å². The molecule has 2 aliphatic rings. The molecule has 1 saturated heterocycles. The quantitative estimate of drug-likeness (QED) is 0.332. The number of nitrogens with one attached hydrogen (secondary N) is 1. The average Bonchev–Trinajstić information content (AvgIpc) is 3.36. The maximum atomic E-state index is 13.9. The van der Waals surface area contributed by atoms with Gasteiger partial charge in [-0.05, 0) is 107 Å². The minimum atomic E-state index is -4.55. The number of amides is 1. The summed E-state index contributed by atoms with van der Waals surface area (Å²) in [5.74, 6) is 0.145. The van der Waals surface area contributed by atoms with Crippen LogP contribution in [0.4, 0.5) is 18.0 Å². The zero-order valence-electron chi connectivity index (χ0n) is 25.6. The molecule has 236 valence electrons. The van der Waals surface area contributed by atoms with Gasteiger partial charge in [-0.1, -0.05) is 24.3 Å². The van der Waals surface area contributed by atoms with Crippen LogP contribution in [0.25, 0.3) is 0 Å². The van der Waals surface area contributed by atoms with Crippen LogP contribution in [0.1, 0.15) is 81.0 Å². The fourth-order valence-corrected chi connectivity index (χ4v) is 6.26. The minimum absolute atomic E-state index is 0.0146. The zero-order valence-corrected chi connectivity index (χ0v) is 25.6. The Balaban J connectivity index is 1.47.